The molecule has 4 aliphatic rings. The molecule has 4 rings (SSSR count). The lowest BCUT2D eigenvalue weighted by Crippen LogP contribution is -2.61. The SMILES string of the molecule is CCNC(C)(CO)C1C2CC3CC(C2)CC1C3. The largest absolute Gasteiger partial charge is 0.394 e. The first kappa shape index (κ1) is 12.0. The second kappa shape index (κ2) is 4.24. The molecular weight excluding hydrogens is 210 g/mol. The van der Waals surface area contributed by atoms with Crippen LogP contribution in [-0.4, -0.2) is 23.8 Å². The third-order valence-electron chi connectivity index (χ3n) is 5.87. The Labute approximate surface area is 105 Å². The number of hydrogen-bond donors (Lipinski definition) is 2. The van der Waals surface area contributed by atoms with Gasteiger partial charge in [0, 0.05) is 5.54 Å². The lowest BCUT2D eigenvalue weighted by Gasteiger charge is -2.59. The average Bonchev–Trinajstić information content (AvgIpc) is 2.27. The molecule has 4 bridgehead atoms. The predicted octanol–water partition coefficient (Wildman–Crippen LogP) is 2.42. The summed E-state index contributed by atoms with van der Waals surface area (Å²) in [7, 11) is 0. The van der Waals surface area contributed by atoms with Gasteiger partial charge in [-0.05, 0) is 75.2 Å². The van der Waals surface area contributed by atoms with E-state index in [2.05, 4.69) is 19.2 Å². The van der Waals surface area contributed by atoms with Crippen LogP contribution in [-0.2, 0) is 0 Å². The van der Waals surface area contributed by atoms with E-state index in [1.807, 2.05) is 0 Å². The van der Waals surface area contributed by atoms with Gasteiger partial charge in [-0.2, -0.15) is 0 Å². The van der Waals surface area contributed by atoms with Crippen LogP contribution in [0.4, 0.5) is 0 Å². The van der Waals surface area contributed by atoms with Crippen molar-refractivity contribution in [1.29, 1.82) is 0 Å². The Balaban J connectivity index is 1.83. The lowest BCUT2D eigenvalue weighted by atomic mass is 9.48. The summed E-state index contributed by atoms with van der Waals surface area (Å²) in [6.45, 7) is 5.68. The zero-order valence-electron chi connectivity index (χ0n) is 11.3. The Hall–Kier alpha value is -0.0800. The highest BCUT2D eigenvalue weighted by Gasteiger charge is 2.53. The van der Waals surface area contributed by atoms with Crippen LogP contribution in [0.25, 0.3) is 0 Å². The van der Waals surface area contributed by atoms with Crippen molar-refractivity contribution in [1.82, 2.24) is 5.32 Å². The summed E-state index contributed by atoms with van der Waals surface area (Å²) in [5.74, 6) is 4.56. The zero-order chi connectivity index (χ0) is 12.0. The number of likely N-dealkylation sites (N-methyl/N-ethyl adjacent to an activating group) is 1. The Kier molecular flexibility index (Phi) is 2.99. The molecule has 0 heterocycles. The number of aliphatic hydroxyl groups excluding tert-OH is 1. The molecule has 4 saturated carbocycles. The third kappa shape index (κ3) is 1.84. The highest BCUT2D eigenvalue weighted by Crippen LogP contribution is 2.58. The molecule has 0 aromatic carbocycles. The van der Waals surface area contributed by atoms with Gasteiger partial charge < -0.3 is 10.4 Å². The van der Waals surface area contributed by atoms with Crippen molar-refractivity contribution in [2.45, 2.75) is 51.5 Å². The molecule has 1 unspecified atom stereocenters. The minimum absolute atomic E-state index is 0.0304. The van der Waals surface area contributed by atoms with E-state index in [-0.39, 0.29) is 5.54 Å². The fourth-order valence-corrected chi connectivity index (χ4v) is 5.65. The summed E-state index contributed by atoms with van der Waals surface area (Å²) in [4.78, 5) is 0. The molecular formula is C15H27NO. The van der Waals surface area contributed by atoms with E-state index in [0.717, 1.165) is 36.1 Å². The molecule has 4 aliphatic carbocycles. The van der Waals surface area contributed by atoms with E-state index >= 15 is 0 Å². The average molecular weight is 237 g/mol. The van der Waals surface area contributed by atoms with E-state index < -0.39 is 0 Å². The van der Waals surface area contributed by atoms with Gasteiger partial charge in [0.1, 0.15) is 0 Å². The Bertz CT molecular complexity index is 263. The van der Waals surface area contributed by atoms with Gasteiger partial charge in [-0.15, -0.1) is 0 Å². The Morgan fingerprint density at radius 3 is 2.00 bits per heavy atom. The molecule has 0 radical (unpaired) electrons. The molecule has 0 aromatic heterocycles. The fourth-order valence-electron chi connectivity index (χ4n) is 5.65. The van der Waals surface area contributed by atoms with Gasteiger partial charge >= 0.3 is 0 Å². The van der Waals surface area contributed by atoms with Crippen LogP contribution in [0.15, 0.2) is 0 Å². The number of aliphatic hydroxyl groups is 1. The molecule has 0 aliphatic heterocycles. The number of rotatable bonds is 4. The summed E-state index contributed by atoms with van der Waals surface area (Å²) in [6, 6.07) is 0. The zero-order valence-corrected chi connectivity index (χ0v) is 11.3. The summed E-state index contributed by atoms with van der Waals surface area (Å²) < 4.78 is 0. The van der Waals surface area contributed by atoms with Crippen LogP contribution in [0.2, 0.25) is 0 Å². The maximum absolute atomic E-state index is 9.84. The molecule has 0 saturated heterocycles. The molecule has 17 heavy (non-hydrogen) atoms. The minimum Gasteiger partial charge on any atom is -0.394 e. The van der Waals surface area contributed by atoms with Crippen LogP contribution >= 0.6 is 0 Å². The molecule has 0 amide bonds. The van der Waals surface area contributed by atoms with Crippen molar-refractivity contribution in [3.8, 4) is 0 Å². The van der Waals surface area contributed by atoms with E-state index in [9.17, 15) is 5.11 Å². The molecule has 0 aromatic rings. The molecule has 0 spiro atoms. The highest BCUT2D eigenvalue weighted by atomic mass is 16.3. The van der Waals surface area contributed by atoms with E-state index in [4.69, 9.17) is 0 Å². The maximum Gasteiger partial charge on any atom is 0.0613 e. The summed E-state index contributed by atoms with van der Waals surface area (Å²) in [6.07, 6.45) is 7.28. The molecule has 4 fully saturated rings. The second-order valence-corrected chi connectivity index (χ2v) is 7.06. The first-order valence-corrected chi connectivity index (χ1v) is 7.52. The Morgan fingerprint density at radius 1 is 1.06 bits per heavy atom. The van der Waals surface area contributed by atoms with Crippen LogP contribution in [0.1, 0.15) is 46.0 Å². The minimum atomic E-state index is -0.0304. The highest BCUT2D eigenvalue weighted by molar-refractivity contribution is 5.06. The van der Waals surface area contributed by atoms with Crippen molar-refractivity contribution >= 4 is 0 Å². The number of nitrogens with one attached hydrogen (secondary N) is 1. The van der Waals surface area contributed by atoms with Gasteiger partial charge in [-0.3, -0.25) is 0 Å². The van der Waals surface area contributed by atoms with Crippen molar-refractivity contribution in [2.75, 3.05) is 13.2 Å². The quantitative estimate of drug-likeness (QED) is 0.787. The predicted molar refractivity (Wildman–Crippen MR) is 69.7 cm³/mol. The molecule has 98 valence electrons. The van der Waals surface area contributed by atoms with Crippen molar-refractivity contribution in [2.24, 2.45) is 29.6 Å². The Morgan fingerprint density at radius 2 is 1.59 bits per heavy atom. The fraction of sp³-hybridized carbons (Fsp3) is 1.00. The third-order valence-corrected chi connectivity index (χ3v) is 5.87. The normalized spacial score (nSPS) is 47.1. The second-order valence-electron chi connectivity index (χ2n) is 7.06. The van der Waals surface area contributed by atoms with Crippen LogP contribution < -0.4 is 5.32 Å². The molecule has 2 heteroatoms. The molecule has 2 nitrogen and oxygen atoms in total. The summed E-state index contributed by atoms with van der Waals surface area (Å²) in [5.41, 5.74) is -0.0304. The summed E-state index contributed by atoms with van der Waals surface area (Å²) in [5, 5.41) is 13.4. The van der Waals surface area contributed by atoms with E-state index in [1.165, 1.54) is 32.1 Å². The number of hydrogen-bond acceptors (Lipinski definition) is 2. The summed E-state index contributed by atoms with van der Waals surface area (Å²) >= 11 is 0. The monoisotopic (exact) mass is 237 g/mol. The van der Waals surface area contributed by atoms with Gasteiger partial charge in [0.05, 0.1) is 6.61 Å². The van der Waals surface area contributed by atoms with Crippen LogP contribution in [0, 0.1) is 29.6 Å². The van der Waals surface area contributed by atoms with Gasteiger partial charge in [0.15, 0.2) is 0 Å². The standard InChI is InChI=1S/C15H27NO/c1-3-16-15(2,9-17)14-12-5-10-4-11(7-12)8-13(14)6-10/h10-14,16-17H,3-9H2,1-2H3. The van der Waals surface area contributed by atoms with Crippen molar-refractivity contribution in [3.05, 3.63) is 0 Å². The van der Waals surface area contributed by atoms with Crippen molar-refractivity contribution < 1.29 is 5.11 Å². The lowest BCUT2D eigenvalue weighted by molar-refractivity contribution is -0.0852. The van der Waals surface area contributed by atoms with E-state index in [0.29, 0.717) is 6.61 Å². The van der Waals surface area contributed by atoms with Crippen molar-refractivity contribution in [3.63, 3.8) is 0 Å². The van der Waals surface area contributed by atoms with Crippen LogP contribution in [0.3, 0.4) is 0 Å². The molecule has 2 N–H and O–H groups in total. The van der Waals surface area contributed by atoms with E-state index in [1.54, 1.807) is 0 Å². The smallest absolute Gasteiger partial charge is 0.0613 e. The first-order chi connectivity index (χ1) is 8.16. The topological polar surface area (TPSA) is 32.3 Å². The van der Waals surface area contributed by atoms with Gasteiger partial charge in [0.25, 0.3) is 0 Å². The maximum atomic E-state index is 9.84. The van der Waals surface area contributed by atoms with Gasteiger partial charge in [-0.1, -0.05) is 6.92 Å². The first-order valence-electron chi connectivity index (χ1n) is 7.52. The van der Waals surface area contributed by atoms with Crippen LogP contribution in [0.5, 0.6) is 0 Å². The van der Waals surface area contributed by atoms with Gasteiger partial charge in [0.2, 0.25) is 0 Å². The van der Waals surface area contributed by atoms with Gasteiger partial charge in [-0.25, -0.2) is 0 Å². The molecule has 1 atom stereocenters.